The van der Waals surface area contributed by atoms with Crippen molar-refractivity contribution in [2.45, 2.75) is 212 Å². The van der Waals surface area contributed by atoms with Crippen LogP contribution < -0.4 is 0 Å². The van der Waals surface area contributed by atoms with E-state index in [1.165, 1.54) is 128 Å². The fraction of sp³-hybridized carbons (Fsp3) is 0.930. The van der Waals surface area contributed by atoms with E-state index in [1.54, 1.807) is 11.9 Å². The summed E-state index contributed by atoms with van der Waals surface area (Å²) < 4.78 is 29.2. The van der Waals surface area contributed by atoms with Crippen molar-refractivity contribution in [2.24, 2.45) is 0 Å². The molecule has 1 heterocycles. The fourth-order valence-electron chi connectivity index (χ4n) is 6.86. The molecule has 0 aromatic rings. The molecule has 1 atom stereocenters. The number of amides is 1. The number of alkyl halides is 1. The molecule has 0 aliphatic carbocycles. The third-order valence-electron chi connectivity index (χ3n) is 10.5. The summed E-state index contributed by atoms with van der Waals surface area (Å²) in [5.41, 5.74) is 0. The van der Waals surface area contributed by atoms with Gasteiger partial charge in [-0.25, -0.2) is 4.79 Å². The van der Waals surface area contributed by atoms with E-state index in [0.717, 1.165) is 38.5 Å². The second-order valence-corrected chi connectivity index (χ2v) is 15.4. The average molecular weight is 741 g/mol. The molecule has 0 N–H and O–H groups in total. The van der Waals surface area contributed by atoms with Crippen molar-refractivity contribution in [1.29, 1.82) is 0 Å². The first-order chi connectivity index (χ1) is 25.4. The summed E-state index contributed by atoms with van der Waals surface area (Å²) in [6.45, 7) is 5.91. The van der Waals surface area contributed by atoms with Crippen molar-refractivity contribution in [1.82, 2.24) is 9.80 Å². The molecule has 1 saturated heterocycles. The SMILES string of the molecule is CCCCCCCCCCCCCCCC(=O)OCC(COC(=O)N(C)C1CN(CCCF)C1)OC(=O)CCCCCCCCCCCCCCC. The van der Waals surface area contributed by atoms with E-state index in [9.17, 15) is 18.8 Å². The number of carbonyl (C=O) groups excluding carboxylic acids is 3. The minimum absolute atomic E-state index is 0.00168. The number of carbonyl (C=O) groups is 3. The molecule has 1 fully saturated rings. The number of unbranched alkanes of at least 4 members (excludes halogenated alkanes) is 24. The molecule has 0 aromatic heterocycles. The summed E-state index contributed by atoms with van der Waals surface area (Å²) >= 11 is 0. The first kappa shape index (κ1) is 48.1. The molecular formula is C43H81FN2O6. The maximum absolute atomic E-state index is 12.8. The highest BCUT2D eigenvalue weighted by Crippen LogP contribution is 2.17. The van der Waals surface area contributed by atoms with Crippen LogP contribution in [0.4, 0.5) is 9.18 Å². The van der Waals surface area contributed by atoms with Gasteiger partial charge in [0.05, 0.1) is 12.7 Å². The van der Waals surface area contributed by atoms with Crippen molar-refractivity contribution in [3.05, 3.63) is 0 Å². The molecule has 1 rings (SSSR count). The number of ether oxygens (including phenoxy) is 3. The third kappa shape index (κ3) is 27.7. The average Bonchev–Trinajstić information content (AvgIpc) is 3.12. The predicted molar refractivity (Wildman–Crippen MR) is 211 cm³/mol. The van der Waals surface area contributed by atoms with Crippen LogP contribution in [0.5, 0.6) is 0 Å². The summed E-state index contributed by atoms with van der Waals surface area (Å²) in [4.78, 5) is 41.7. The van der Waals surface area contributed by atoms with Crippen LogP contribution in [-0.2, 0) is 23.8 Å². The summed E-state index contributed by atoms with van der Waals surface area (Å²) in [7, 11) is 1.69. The Morgan fingerprint density at radius 3 is 1.38 bits per heavy atom. The molecule has 0 saturated carbocycles. The third-order valence-corrected chi connectivity index (χ3v) is 10.5. The Bertz CT molecular complexity index is 855. The lowest BCUT2D eigenvalue weighted by atomic mass is 10.0. The standard InChI is InChI=1S/C43H81FN2O6/c1-4-6-8-10-12-14-16-18-20-22-24-26-28-31-41(47)50-37-40(38-51-43(49)45(3)39-35-46(36-39)34-30-33-44)52-42(48)32-29-27-25-23-21-19-17-15-13-11-9-7-5-2/h39-40H,4-38H2,1-3H3. The lowest BCUT2D eigenvalue weighted by Crippen LogP contribution is -2.59. The molecule has 0 bridgehead atoms. The van der Waals surface area contributed by atoms with Gasteiger partial charge >= 0.3 is 18.0 Å². The first-order valence-electron chi connectivity index (χ1n) is 21.9. The number of hydrogen-bond acceptors (Lipinski definition) is 7. The van der Waals surface area contributed by atoms with Gasteiger partial charge in [0.15, 0.2) is 6.10 Å². The van der Waals surface area contributed by atoms with Crippen LogP contribution in [-0.4, -0.2) is 86.5 Å². The number of hydrogen-bond donors (Lipinski definition) is 0. The van der Waals surface area contributed by atoms with Crippen LogP contribution in [0, 0.1) is 0 Å². The molecule has 1 unspecified atom stereocenters. The molecule has 9 heteroatoms. The molecule has 0 radical (unpaired) electrons. The van der Waals surface area contributed by atoms with E-state index in [4.69, 9.17) is 14.2 Å². The van der Waals surface area contributed by atoms with Crippen LogP contribution in [0.2, 0.25) is 0 Å². The van der Waals surface area contributed by atoms with Gasteiger partial charge in [0.2, 0.25) is 0 Å². The minimum atomic E-state index is -0.843. The quantitative estimate of drug-likeness (QED) is 0.0356. The molecule has 8 nitrogen and oxygen atoms in total. The summed E-state index contributed by atoms with van der Waals surface area (Å²) in [5.74, 6) is -0.667. The normalized spacial score (nSPS) is 13.8. The van der Waals surface area contributed by atoms with E-state index < -0.39 is 12.2 Å². The number of rotatable bonds is 37. The highest BCUT2D eigenvalue weighted by atomic mass is 19.1. The lowest BCUT2D eigenvalue weighted by molar-refractivity contribution is -0.161. The zero-order valence-electron chi connectivity index (χ0n) is 34.1. The Morgan fingerprint density at radius 2 is 0.962 bits per heavy atom. The number of nitrogens with zero attached hydrogens (tertiary/aromatic N) is 2. The fourth-order valence-corrected chi connectivity index (χ4v) is 6.86. The van der Waals surface area contributed by atoms with Gasteiger partial charge < -0.3 is 19.1 Å². The van der Waals surface area contributed by atoms with Crippen molar-refractivity contribution in [3.8, 4) is 0 Å². The second-order valence-electron chi connectivity index (χ2n) is 15.4. The van der Waals surface area contributed by atoms with Gasteiger partial charge in [-0.3, -0.25) is 18.9 Å². The molecule has 0 spiro atoms. The van der Waals surface area contributed by atoms with Gasteiger partial charge in [0.25, 0.3) is 0 Å². The molecule has 1 aliphatic rings. The van der Waals surface area contributed by atoms with Gasteiger partial charge in [0.1, 0.15) is 13.2 Å². The van der Waals surface area contributed by atoms with Crippen LogP contribution in [0.1, 0.15) is 200 Å². The molecule has 1 amide bonds. The van der Waals surface area contributed by atoms with Gasteiger partial charge in [-0.2, -0.15) is 0 Å². The van der Waals surface area contributed by atoms with Crippen LogP contribution in [0.3, 0.4) is 0 Å². The zero-order chi connectivity index (χ0) is 37.9. The van der Waals surface area contributed by atoms with E-state index >= 15 is 0 Å². The number of esters is 2. The first-order valence-corrected chi connectivity index (χ1v) is 21.9. The number of likely N-dealkylation sites (tertiary alicyclic amines) is 1. The molecular weight excluding hydrogens is 659 g/mol. The van der Waals surface area contributed by atoms with Crippen LogP contribution in [0.25, 0.3) is 0 Å². The van der Waals surface area contributed by atoms with Gasteiger partial charge in [0, 0.05) is 39.5 Å². The molecule has 52 heavy (non-hydrogen) atoms. The maximum Gasteiger partial charge on any atom is 0.409 e. The van der Waals surface area contributed by atoms with Crippen molar-refractivity contribution < 1.29 is 33.0 Å². The Labute approximate surface area is 319 Å². The summed E-state index contributed by atoms with van der Waals surface area (Å²) in [6, 6.07) is 0.00168. The second kappa shape index (κ2) is 34.8. The van der Waals surface area contributed by atoms with E-state index in [0.29, 0.717) is 38.9 Å². The van der Waals surface area contributed by atoms with Gasteiger partial charge in [-0.1, -0.05) is 168 Å². The molecule has 0 aromatic carbocycles. The van der Waals surface area contributed by atoms with E-state index in [-0.39, 0.29) is 37.9 Å². The van der Waals surface area contributed by atoms with Gasteiger partial charge in [-0.15, -0.1) is 0 Å². The smallest absolute Gasteiger partial charge is 0.409 e. The predicted octanol–water partition coefficient (Wildman–Crippen LogP) is 11.5. The topological polar surface area (TPSA) is 85.4 Å². The molecule has 306 valence electrons. The van der Waals surface area contributed by atoms with Crippen molar-refractivity contribution >= 4 is 18.0 Å². The maximum atomic E-state index is 12.8. The number of likely N-dealkylation sites (N-methyl/N-ethyl adjacent to an activating group) is 1. The summed E-state index contributed by atoms with van der Waals surface area (Å²) in [5, 5.41) is 0. The zero-order valence-corrected chi connectivity index (χ0v) is 34.1. The highest BCUT2D eigenvalue weighted by Gasteiger charge is 2.33. The van der Waals surface area contributed by atoms with E-state index in [1.807, 2.05) is 0 Å². The Hall–Kier alpha value is -1.90. The van der Waals surface area contributed by atoms with Crippen molar-refractivity contribution in [2.75, 3.05) is 46.6 Å². The van der Waals surface area contributed by atoms with Crippen molar-refractivity contribution in [3.63, 3.8) is 0 Å². The van der Waals surface area contributed by atoms with Crippen LogP contribution >= 0.6 is 0 Å². The molecule has 1 aliphatic heterocycles. The van der Waals surface area contributed by atoms with E-state index in [2.05, 4.69) is 18.7 Å². The minimum Gasteiger partial charge on any atom is -0.462 e. The van der Waals surface area contributed by atoms with Crippen LogP contribution in [0.15, 0.2) is 0 Å². The lowest BCUT2D eigenvalue weighted by Gasteiger charge is -2.43. The highest BCUT2D eigenvalue weighted by molar-refractivity contribution is 5.70. The monoisotopic (exact) mass is 741 g/mol. The Balaban J connectivity index is 2.31. The Kier molecular flexibility index (Phi) is 32.2. The summed E-state index contributed by atoms with van der Waals surface area (Å²) in [6.07, 6.45) is 31.9. The van der Waals surface area contributed by atoms with Gasteiger partial charge in [-0.05, 0) is 19.3 Å². The number of halogens is 1. The Morgan fingerprint density at radius 1 is 0.577 bits per heavy atom. The largest absolute Gasteiger partial charge is 0.462 e.